The highest BCUT2D eigenvalue weighted by molar-refractivity contribution is 5.94. The van der Waals surface area contributed by atoms with E-state index in [2.05, 4.69) is 20.6 Å². The molecule has 3 rings (SSSR count). The lowest BCUT2D eigenvalue weighted by molar-refractivity contribution is -0.115. The molecule has 124 valence electrons. The van der Waals surface area contributed by atoms with Crippen molar-refractivity contribution in [1.82, 2.24) is 19.9 Å². The minimum absolute atomic E-state index is 0.135. The summed E-state index contributed by atoms with van der Waals surface area (Å²) < 4.78 is 7.00. The van der Waals surface area contributed by atoms with Crippen LogP contribution in [0.25, 0.3) is 5.69 Å². The van der Waals surface area contributed by atoms with Gasteiger partial charge in [0.2, 0.25) is 5.91 Å². The summed E-state index contributed by atoms with van der Waals surface area (Å²) in [7, 11) is 0. The van der Waals surface area contributed by atoms with Crippen LogP contribution in [0.4, 0.5) is 5.69 Å². The first-order valence-electron chi connectivity index (χ1n) is 7.93. The second-order valence-electron chi connectivity index (χ2n) is 5.31. The number of anilines is 1. The van der Waals surface area contributed by atoms with Crippen molar-refractivity contribution < 1.29 is 9.32 Å². The average molecular weight is 325 g/mol. The molecule has 0 saturated carbocycles. The molecule has 3 aromatic heterocycles. The van der Waals surface area contributed by atoms with Crippen molar-refractivity contribution in [1.29, 1.82) is 0 Å². The van der Waals surface area contributed by atoms with Gasteiger partial charge in [-0.1, -0.05) is 19.0 Å². The van der Waals surface area contributed by atoms with Gasteiger partial charge in [-0.15, -0.1) is 0 Å². The van der Waals surface area contributed by atoms with Crippen LogP contribution in [-0.4, -0.2) is 25.8 Å². The molecule has 0 aliphatic rings. The number of nitrogens with one attached hydrogen (secondary N) is 1. The molecule has 0 bridgehead atoms. The summed E-state index contributed by atoms with van der Waals surface area (Å²) in [6.45, 7) is 3.98. The molecule has 7 nitrogen and oxygen atoms in total. The van der Waals surface area contributed by atoms with Crippen LogP contribution < -0.4 is 5.32 Å². The molecule has 0 unspecified atom stereocenters. The zero-order valence-electron chi connectivity index (χ0n) is 13.7. The number of hydrogen-bond donors (Lipinski definition) is 1. The normalized spacial score (nSPS) is 10.8. The second kappa shape index (κ2) is 7.08. The van der Waals surface area contributed by atoms with Gasteiger partial charge in [0, 0.05) is 30.6 Å². The molecule has 3 aromatic rings. The van der Waals surface area contributed by atoms with E-state index in [1.54, 1.807) is 29.3 Å². The maximum Gasteiger partial charge on any atom is 0.229 e. The van der Waals surface area contributed by atoms with Gasteiger partial charge in [-0.05, 0) is 18.6 Å². The Bertz CT molecular complexity index is 802. The van der Waals surface area contributed by atoms with Crippen molar-refractivity contribution in [3.63, 3.8) is 0 Å². The molecule has 0 fully saturated rings. The van der Waals surface area contributed by atoms with Gasteiger partial charge in [-0.3, -0.25) is 9.78 Å². The monoisotopic (exact) mass is 325 g/mol. The van der Waals surface area contributed by atoms with Crippen LogP contribution in [0.5, 0.6) is 0 Å². The number of pyridine rings is 1. The molecule has 0 saturated heterocycles. The molecule has 0 atom stereocenters. The van der Waals surface area contributed by atoms with E-state index in [9.17, 15) is 4.79 Å². The first-order valence-corrected chi connectivity index (χ1v) is 7.93. The summed E-state index contributed by atoms with van der Waals surface area (Å²) in [5.74, 6) is 0.629. The Morgan fingerprint density at radius 3 is 2.88 bits per heavy atom. The number of aromatic nitrogens is 4. The molecule has 7 heteroatoms. The Labute approximate surface area is 139 Å². The molecule has 0 aliphatic heterocycles. The zero-order chi connectivity index (χ0) is 16.9. The minimum Gasteiger partial charge on any atom is -0.361 e. The number of amides is 1. The van der Waals surface area contributed by atoms with Crippen molar-refractivity contribution in [2.24, 2.45) is 0 Å². The van der Waals surface area contributed by atoms with Gasteiger partial charge in [0.05, 0.1) is 29.7 Å². The Balaban J connectivity index is 1.81. The van der Waals surface area contributed by atoms with E-state index in [-0.39, 0.29) is 12.3 Å². The van der Waals surface area contributed by atoms with Crippen LogP contribution in [0, 0.1) is 0 Å². The minimum atomic E-state index is -0.135. The average Bonchev–Trinajstić information content (AvgIpc) is 3.24. The van der Waals surface area contributed by atoms with E-state index < -0.39 is 0 Å². The fourth-order valence-corrected chi connectivity index (χ4v) is 2.59. The van der Waals surface area contributed by atoms with Crippen LogP contribution in [0.1, 0.15) is 30.9 Å². The fourth-order valence-electron chi connectivity index (χ4n) is 2.59. The van der Waals surface area contributed by atoms with Crippen molar-refractivity contribution in [2.75, 3.05) is 5.32 Å². The lowest BCUT2D eigenvalue weighted by Gasteiger charge is -2.10. The predicted octanol–water partition coefficient (Wildman–Crippen LogP) is 2.56. The molecule has 0 aliphatic carbocycles. The summed E-state index contributed by atoms with van der Waals surface area (Å²) in [5, 5.41) is 11.1. The van der Waals surface area contributed by atoms with E-state index in [4.69, 9.17) is 4.52 Å². The molecule has 0 radical (unpaired) electrons. The topological polar surface area (TPSA) is 85.8 Å². The van der Waals surface area contributed by atoms with Crippen LogP contribution in [0.2, 0.25) is 0 Å². The molecular formula is C17H19N5O2. The molecule has 3 heterocycles. The van der Waals surface area contributed by atoms with Gasteiger partial charge in [0.1, 0.15) is 5.76 Å². The quantitative estimate of drug-likeness (QED) is 0.753. The van der Waals surface area contributed by atoms with E-state index in [0.29, 0.717) is 12.1 Å². The lowest BCUT2D eigenvalue weighted by Crippen LogP contribution is -2.17. The third-order valence-electron chi connectivity index (χ3n) is 3.77. The van der Waals surface area contributed by atoms with E-state index in [1.165, 1.54) is 0 Å². The number of aryl methyl sites for hydroxylation is 2. The highest BCUT2D eigenvalue weighted by Crippen LogP contribution is 2.20. The Hall–Kier alpha value is -2.96. The smallest absolute Gasteiger partial charge is 0.229 e. The molecular weight excluding hydrogens is 306 g/mol. The maximum absolute atomic E-state index is 12.5. The van der Waals surface area contributed by atoms with Gasteiger partial charge >= 0.3 is 0 Å². The van der Waals surface area contributed by atoms with E-state index in [1.807, 2.05) is 26.1 Å². The van der Waals surface area contributed by atoms with Crippen LogP contribution >= 0.6 is 0 Å². The number of hydrogen-bond acceptors (Lipinski definition) is 5. The summed E-state index contributed by atoms with van der Waals surface area (Å²) >= 11 is 0. The van der Waals surface area contributed by atoms with Gasteiger partial charge in [0.15, 0.2) is 0 Å². The second-order valence-corrected chi connectivity index (χ2v) is 5.31. The largest absolute Gasteiger partial charge is 0.361 e. The molecule has 24 heavy (non-hydrogen) atoms. The molecule has 0 spiro atoms. The Kier molecular flexibility index (Phi) is 4.69. The number of nitrogens with zero attached hydrogens (tertiary/aromatic N) is 4. The first kappa shape index (κ1) is 15.9. The maximum atomic E-state index is 12.5. The van der Waals surface area contributed by atoms with Crippen molar-refractivity contribution >= 4 is 11.6 Å². The zero-order valence-corrected chi connectivity index (χ0v) is 13.7. The van der Waals surface area contributed by atoms with Crippen LogP contribution in [-0.2, 0) is 24.1 Å². The van der Waals surface area contributed by atoms with Crippen LogP contribution in [0.15, 0.2) is 41.4 Å². The number of rotatable bonds is 6. The van der Waals surface area contributed by atoms with Gasteiger partial charge < -0.3 is 9.84 Å². The fraction of sp³-hybridized carbons (Fsp3) is 0.294. The summed E-state index contributed by atoms with van der Waals surface area (Å²) in [6, 6.07) is 3.63. The van der Waals surface area contributed by atoms with E-state index >= 15 is 0 Å². The third-order valence-corrected chi connectivity index (χ3v) is 3.77. The Morgan fingerprint density at radius 2 is 2.17 bits per heavy atom. The van der Waals surface area contributed by atoms with Crippen molar-refractivity contribution in [3.05, 3.63) is 53.9 Å². The highest BCUT2D eigenvalue weighted by Gasteiger charge is 2.17. The molecule has 0 aromatic carbocycles. The predicted molar refractivity (Wildman–Crippen MR) is 89.0 cm³/mol. The standard InChI is InChI=1S/C17H19N5O2/c1-3-13-12(16(4-2)24-21-13)10-17(23)20-14-11-18-8-6-15(14)22-9-5-7-19-22/h5-9,11H,3-4,10H2,1-2H3,(H,20,23). The number of carbonyl (C=O) groups excluding carboxylic acids is 1. The van der Waals surface area contributed by atoms with Gasteiger partial charge in [-0.25, -0.2) is 4.68 Å². The third kappa shape index (κ3) is 3.19. The SMILES string of the molecule is CCc1noc(CC)c1CC(=O)Nc1cnccc1-n1cccn1. The number of carbonyl (C=O) groups is 1. The van der Waals surface area contributed by atoms with Gasteiger partial charge in [0.25, 0.3) is 0 Å². The molecule has 1 amide bonds. The van der Waals surface area contributed by atoms with Crippen molar-refractivity contribution in [2.45, 2.75) is 33.1 Å². The van der Waals surface area contributed by atoms with Crippen molar-refractivity contribution in [3.8, 4) is 5.69 Å². The first-order chi connectivity index (χ1) is 11.7. The lowest BCUT2D eigenvalue weighted by atomic mass is 10.1. The summed E-state index contributed by atoms with van der Waals surface area (Å²) in [4.78, 5) is 16.6. The summed E-state index contributed by atoms with van der Waals surface area (Å²) in [5.41, 5.74) is 3.08. The summed E-state index contributed by atoms with van der Waals surface area (Å²) in [6.07, 6.45) is 8.45. The van der Waals surface area contributed by atoms with E-state index in [0.717, 1.165) is 29.1 Å². The Morgan fingerprint density at radius 1 is 1.29 bits per heavy atom. The highest BCUT2D eigenvalue weighted by atomic mass is 16.5. The van der Waals surface area contributed by atoms with Gasteiger partial charge in [-0.2, -0.15) is 5.10 Å². The van der Waals surface area contributed by atoms with Crippen LogP contribution in [0.3, 0.4) is 0 Å². The molecule has 1 N–H and O–H groups in total.